The Hall–Kier alpha value is -1.60. The quantitative estimate of drug-likeness (QED) is 0.765. The van der Waals surface area contributed by atoms with Crippen LogP contribution in [0.4, 0.5) is 0 Å². The van der Waals surface area contributed by atoms with E-state index in [4.69, 9.17) is 4.74 Å². The van der Waals surface area contributed by atoms with Gasteiger partial charge in [-0.3, -0.25) is 0 Å². The molecule has 0 radical (unpaired) electrons. The second-order valence-corrected chi connectivity index (χ2v) is 4.34. The van der Waals surface area contributed by atoms with E-state index in [2.05, 4.69) is 44.2 Å². The summed E-state index contributed by atoms with van der Waals surface area (Å²) in [6, 6.07) is 16.6. The van der Waals surface area contributed by atoms with Crippen molar-refractivity contribution in [3.8, 4) is 0 Å². The Balaban J connectivity index is 1.93. The minimum absolute atomic E-state index is 0.675. The zero-order valence-electron chi connectivity index (χ0n) is 10.4. The van der Waals surface area contributed by atoms with E-state index in [1.54, 1.807) is 0 Å². The van der Waals surface area contributed by atoms with E-state index in [0.29, 0.717) is 13.2 Å². The van der Waals surface area contributed by atoms with Crippen LogP contribution < -0.4 is 0 Å². The normalized spacial score (nSPS) is 10.5. The number of hydrogen-bond donors (Lipinski definition) is 0. The van der Waals surface area contributed by atoms with Gasteiger partial charge in [-0.1, -0.05) is 48.5 Å². The Bertz CT molecular complexity index is 474. The van der Waals surface area contributed by atoms with Crippen molar-refractivity contribution in [3.63, 3.8) is 0 Å². The average molecular weight is 226 g/mol. The summed E-state index contributed by atoms with van der Waals surface area (Å²) in [5.41, 5.74) is 5.16. The minimum atomic E-state index is 0.675. The van der Waals surface area contributed by atoms with Gasteiger partial charge in [0.15, 0.2) is 0 Å². The number of ether oxygens (including phenoxy) is 1. The number of benzene rings is 2. The van der Waals surface area contributed by atoms with Crippen LogP contribution in [-0.4, -0.2) is 0 Å². The van der Waals surface area contributed by atoms with Gasteiger partial charge in [-0.15, -0.1) is 0 Å². The first-order valence-corrected chi connectivity index (χ1v) is 5.94. The molecule has 0 bridgehead atoms. The van der Waals surface area contributed by atoms with Gasteiger partial charge < -0.3 is 4.74 Å². The second-order valence-electron chi connectivity index (χ2n) is 4.34. The van der Waals surface area contributed by atoms with Crippen molar-refractivity contribution in [2.24, 2.45) is 0 Å². The van der Waals surface area contributed by atoms with Gasteiger partial charge in [-0.25, -0.2) is 0 Å². The van der Waals surface area contributed by atoms with Gasteiger partial charge in [-0.05, 0) is 36.1 Å². The molecule has 0 aliphatic rings. The zero-order valence-corrected chi connectivity index (χ0v) is 10.4. The first-order valence-electron chi connectivity index (χ1n) is 5.94. The van der Waals surface area contributed by atoms with Crippen molar-refractivity contribution in [2.75, 3.05) is 0 Å². The molecule has 0 N–H and O–H groups in total. The van der Waals surface area contributed by atoms with Crippen LogP contribution in [0.25, 0.3) is 0 Å². The summed E-state index contributed by atoms with van der Waals surface area (Å²) < 4.78 is 5.74. The van der Waals surface area contributed by atoms with Gasteiger partial charge in [0.05, 0.1) is 13.2 Å². The molecule has 2 rings (SSSR count). The minimum Gasteiger partial charge on any atom is -0.372 e. The summed E-state index contributed by atoms with van der Waals surface area (Å²) in [5, 5.41) is 0. The Morgan fingerprint density at radius 1 is 0.824 bits per heavy atom. The Morgan fingerprint density at radius 3 is 2.35 bits per heavy atom. The molecule has 0 fully saturated rings. The molecule has 0 spiro atoms. The smallest absolute Gasteiger partial charge is 0.0724 e. The molecule has 2 aromatic carbocycles. The molecule has 88 valence electrons. The highest BCUT2D eigenvalue weighted by Gasteiger charge is 2.00. The van der Waals surface area contributed by atoms with Crippen LogP contribution in [0.5, 0.6) is 0 Å². The van der Waals surface area contributed by atoms with Crippen LogP contribution in [0.2, 0.25) is 0 Å². The SMILES string of the molecule is Cc1cccc(COCc2ccccc2)c1C. The van der Waals surface area contributed by atoms with Crippen LogP contribution >= 0.6 is 0 Å². The van der Waals surface area contributed by atoms with E-state index in [1.807, 2.05) is 18.2 Å². The number of aryl methyl sites for hydroxylation is 1. The lowest BCUT2D eigenvalue weighted by Gasteiger charge is -2.09. The van der Waals surface area contributed by atoms with Crippen molar-refractivity contribution >= 4 is 0 Å². The summed E-state index contributed by atoms with van der Waals surface area (Å²) >= 11 is 0. The first kappa shape index (κ1) is 11.9. The summed E-state index contributed by atoms with van der Waals surface area (Å²) in [4.78, 5) is 0. The molecule has 0 atom stereocenters. The van der Waals surface area contributed by atoms with Crippen LogP contribution in [0.3, 0.4) is 0 Å². The fourth-order valence-corrected chi connectivity index (χ4v) is 1.82. The van der Waals surface area contributed by atoms with Crippen LogP contribution in [0.15, 0.2) is 48.5 Å². The van der Waals surface area contributed by atoms with Crippen molar-refractivity contribution in [3.05, 3.63) is 70.8 Å². The van der Waals surface area contributed by atoms with Gasteiger partial charge in [-0.2, -0.15) is 0 Å². The van der Waals surface area contributed by atoms with Crippen LogP contribution in [-0.2, 0) is 18.0 Å². The van der Waals surface area contributed by atoms with E-state index in [9.17, 15) is 0 Å². The lowest BCUT2D eigenvalue weighted by molar-refractivity contribution is 0.107. The van der Waals surface area contributed by atoms with Crippen molar-refractivity contribution < 1.29 is 4.74 Å². The predicted octanol–water partition coefficient (Wildman–Crippen LogP) is 4.02. The van der Waals surface area contributed by atoms with E-state index in [1.165, 1.54) is 22.3 Å². The molecular formula is C16H18O. The van der Waals surface area contributed by atoms with E-state index in [-0.39, 0.29) is 0 Å². The average Bonchev–Trinajstić information content (AvgIpc) is 2.36. The lowest BCUT2D eigenvalue weighted by Crippen LogP contribution is -1.97. The molecule has 0 aromatic heterocycles. The molecule has 1 nitrogen and oxygen atoms in total. The highest BCUT2D eigenvalue weighted by molar-refractivity contribution is 5.32. The standard InChI is InChI=1S/C16H18O/c1-13-7-6-10-16(14(13)2)12-17-11-15-8-4-3-5-9-15/h3-10H,11-12H2,1-2H3. The van der Waals surface area contributed by atoms with Crippen LogP contribution in [0.1, 0.15) is 22.3 Å². The number of rotatable bonds is 4. The third-order valence-corrected chi connectivity index (χ3v) is 3.09. The van der Waals surface area contributed by atoms with Crippen molar-refractivity contribution in [1.82, 2.24) is 0 Å². The second kappa shape index (κ2) is 5.65. The molecule has 0 saturated carbocycles. The first-order chi connectivity index (χ1) is 8.27. The molecule has 0 heterocycles. The molecule has 1 heteroatoms. The molecule has 0 aliphatic carbocycles. The lowest BCUT2D eigenvalue weighted by atomic mass is 10.0. The van der Waals surface area contributed by atoms with E-state index >= 15 is 0 Å². The van der Waals surface area contributed by atoms with Gasteiger partial charge in [0, 0.05) is 0 Å². The molecular weight excluding hydrogens is 208 g/mol. The summed E-state index contributed by atoms with van der Waals surface area (Å²) in [5.74, 6) is 0. The van der Waals surface area contributed by atoms with Gasteiger partial charge in [0.2, 0.25) is 0 Å². The summed E-state index contributed by atoms with van der Waals surface area (Å²) in [6.45, 7) is 5.64. The molecule has 2 aromatic rings. The van der Waals surface area contributed by atoms with E-state index < -0.39 is 0 Å². The Kier molecular flexibility index (Phi) is 3.94. The monoisotopic (exact) mass is 226 g/mol. The van der Waals surface area contributed by atoms with Gasteiger partial charge >= 0.3 is 0 Å². The highest BCUT2D eigenvalue weighted by Crippen LogP contribution is 2.14. The molecule has 0 saturated heterocycles. The Labute approximate surface area is 103 Å². The molecule has 0 unspecified atom stereocenters. The van der Waals surface area contributed by atoms with E-state index in [0.717, 1.165) is 0 Å². The Morgan fingerprint density at radius 2 is 1.59 bits per heavy atom. The largest absolute Gasteiger partial charge is 0.372 e. The third-order valence-electron chi connectivity index (χ3n) is 3.09. The molecule has 0 amide bonds. The van der Waals surface area contributed by atoms with Crippen LogP contribution in [0, 0.1) is 13.8 Å². The maximum absolute atomic E-state index is 5.74. The summed E-state index contributed by atoms with van der Waals surface area (Å²) in [7, 11) is 0. The number of hydrogen-bond acceptors (Lipinski definition) is 1. The highest BCUT2D eigenvalue weighted by atomic mass is 16.5. The maximum Gasteiger partial charge on any atom is 0.0724 e. The van der Waals surface area contributed by atoms with Gasteiger partial charge in [0.25, 0.3) is 0 Å². The zero-order chi connectivity index (χ0) is 12.1. The predicted molar refractivity (Wildman–Crippen MR) is 70.9 cm³/mol. The fourth-order valence-electron chi connectivity index (χ4n) is 1.82. The summed E-state index contributed by atoms with van der Waals surface area (Å²) in [6.07, 6.45) is 0. The topological polar surface area (TPSA) is 9.23 Å². The molecule has 17 heavy (non-hydrogen) atoms. The van der Waals surface area contributed by atoms with Crippen molar-refractivity contribution in [2.45, 2.75) is 27.1 Å². The van der Waals surface area contributed by atoms with Gasteiger partial charge in [0.1, 0.15) is 0 Å². The maximum atomic E-state index is 5.74. The van der Waals surface area contributed by atoms with Crippen molar-refractivity contribution in [1.29, 1.82) is 0 Å². The molecule has 0 aliphatic heterocycles. The third kappa shape index (κ3) is 3.18. The fraction of sp³-hybridized carbons (Fsp3) is 0.250.